The van der Waals surface area contributed by atoms with Crippen LogP contribution in [-0.2, 0) is 11.9 Å². The van der Waals surface area contributed by atoms with E-state index in [2.05, 4.69) is 32.9 Å². The predicted molar refractivity (Wildman–Crippen MR) is 42.9 cm³/mol. The first-order valence-corrected chi connectivity index (χ1v) is 4.43. The van der Waals surface area contributed by atoms with E-state index >= 15 is 0 Å². The summed E-state index contributed by atoms with van der Waals surface area (Å²) in [5.74, 6) is 1.00. The number of nitrogens with zero attached hydrogens (tertiary/aromatic N) is 3. The van der Waals surface area contributed by atoms with Crippen LogP contribution in [-0.4, -0.2) is 14.8 Å². The Hall–Kier alpha value is -0.380. The Bertz CT molecular complexity index is 197. The van der Waals surface area contributed by atoms with Gasteiger partial charge in [0, 0.05) is 6.54 Å². The first-order chi connectivity index (χ1) is 4.88. The largest absolute Gasteiger partial charge is 0.249 e. The van der Waals surface area contributed by atoms with E-state index in [1.165, 1.54) is 0 Å². The highest BCUT2D eigenvalue weighted by Crippen LogP contribution is 2.00. The van der Waals surface area contributed by atoms with Gasteiger partial charge < -0.3 is 0 Å². The maximum Gasteiger partial charge on any atom is 0.138 e. The number of hydrogen-bond acceptors (Lipinski definition) is 2. The van der Waals surface area contributed by atoms with Crippen LogP contribution in [0.2, 0.25) is 0 Å². The highest BCUT2D eigenvalue weighted by Gasteiger charge is 1.98. The summed E-state index contributed by atoms with van der Waals surface area (Å²) in [5, 5.41) is 4.84. The van der Waals surface area contributed by atoms with Crippen LogP contribution >= 0.6 is 15.9 Å². The summed E-state index contributed by atoms with van der Waals surface area (Å²) in [6.45, 7) is 3.08. The van der Waals surface area contributed by atoms with E-state index in [0.29, 0.717) is 0 Å². The van der Waals surface area contributed by atoms with Crippen molar-refractivity contribution in [2.24, 2.45) is 0 Å². The molecular formula is C6H10BrN3. The lowest BCUT2D eigenvalue weighted by Gasteiger charge is -1.98. The lowest BCUT2D eigenvalue weighted by Crippen LogP contribution is -2.02. The van der Waals surface area contributed by atoms with Crippen LogP contribution in [0.15, 0.2) is 6.33 Å². The van der Waals surface area contributed by atoms with Crippen molar-refractivity contribution in [3.05, 3.63) is 12.2 Å². The molecule has 0 aliphatic carbocycles. The smallest absolute Gasteiger partial charge is 0.138 e. The highest BCUT2D eigenvalue weighted by atomic mass is 79.9. The fraction of sp³-hybridized carbons (Fsp3) is 0.667. The van der Waals surface area contributed by atoms with Crippen LogP contribution in [0.25, 0.3) is 0 Å². The molecule has 0 radical (unpaired) electrons. The molecule has 0 fully saturated rings. The second kappa shape index (κ2) is 3.71. The molecule has 3 nitrogen and oxygen atoms in total. The van der Waals surface area contributed by atoms with Gasteiger partial charge in [0.2, 0.25) is 0 Å². The molecule has 0 aromatic carbocycles. The van der Waals surface area contributed by atoms with Crippen molar-refractivity contribution in [3.8, 4) is 0 Å². The van der Waals surface area contributed by atoms with Crippen molar-refractivity contribution in [3.63, 3.8) is 0 Å². The number of aryl methyl sites for hydroxylation is 1. The zero-order valence-corrected chi connectivity index (χ0v) is 7.50. The topological polar surface area (TPSA) is 30.7 Å². The molecule has 0 saturated heterocycles. The molecule has 1 aromatic rings. The molecule has 0 atom stereocenters. The number of halogens is 1. The number of rotatable bonds is 3. The van der Waals surface area contributed by atoms with Gasteiger partial charge in [-0.25, -0.2) is 9.67 Å². The molecule has 0 spiro atoms. The normalized spacial score (nSPS) is 10.2. The van der Waals surface area contributed by atoms with Gasteiger partial charge in [-0.15, -0.1) is 0 Å². The van der Waals surface area contributed by atoms with Crippen molar-refractivity contribution >= 4 is 15.9 Å². The van der Waals surface area contributed by atoms with Gasteiger partial charge in [-0.05, 0) is 6.42 Å². The molecule has 0 aliphatic heterocycles. The van der Waals surface area contributed by atoms with Crippen LogP contribution in [0.1, 0.15) is 19.2 Å². The molecule has 56 valence electrons. The summed E-state index contributed by atoms with van der Waals surface area (Å²) >= 11 is 3.33. The van der Waals surface area contributed by atoms with Gasteiger partial charge in [-0.2, -0.15) is 5.10 Å². The first-order valence-electron chi connectivity index (χ1n) is 3.31. The lowest BCUT2D eigenvalue weighted by molar-refractivity contribution is 0.582. The molecule has 1 rings (SSSR count). The number of alkyl halides is 1. The maximum absolute atomic E-state index is 4.06. The third-order valence-corrected chi connectivity index (χ3v) is 1.75. The summed E-state index contributed by atoms with van der Waals surface area (Å²) in [4.78, 5) is 4.06. The Morgan fingerprint density at radius 2 is 2.50 bits per heavy atom. The van der Waals surface area contributed by atoms with E-state index in [1.807, 2.05) is 4.68 Å². The van der Waals surface area contributed by atoms with E-state index in [-0.39, 0.29) is 0 Å². The van der Waals surface area contributed by atoms with Crippen molar-refractivity contribution in [2.45, 2.75) is 25.2 Å². The SMILES string of the molecule is CCCn1ncnc1CBr. The first kappa shape index (κ1) is 7.72. The Morgan fingerprint density at radius 3 is 3.10 bits per heavy atom. The monoisotopic (exact) mass is 203 g/mol. The van der Waals surface area contributed by atoms with Gasteiger partial charge in [0.05, 0.1) is 5.33 Å². The van der Waals surface area contributed by atoms with E-state index in [4.69, 9.17) is 0 Å². The van der Waals surface area contributed by atoms with Crippen LogP contribution in [0.5, 0.6) is 0 Å². The molecule has 0 unspecified atom stereocenters. The Kier molecular flexibility index (Phi) is 2.86. The van der Waals surface area contributed by atoms with Gasteiger partial charge >= 0.3 is 0 Å². The average Bonchev–Trinajstić information content (AvgIpc) is 2.36. The van der Waals surface area contributed by atoms with Gasteiger partial charge in [-0.3, -0.25) is 0 Å². The van der Waals surface area contributed by atoms with Gasteiger partial charge in [0.1, 0.15) is 12.2 Å². The Balaban J connectivity index is 2.70. The zero-order valence-electron chi connectivity index (χ0n) is 5.92. The molecule has 0 amide bonds. The van der Waals surface area contributed by atoms with Crippen molar-refractivity contribution < 1.29 is 0 Å². The highest BCUT2D eigenvalue weighted by molar-refractivity contribution is 9.08. The molecule has 10 heavy (non-hydrogen) atoms. The van der Waals surface area contributed by atoms with Crippen LogP contribution in [0.4, 0.5) is 0 Å². The average molecular weight is 204 g/mol. The molecule has 1 aromatic heterocycles. The van der Waals surface area contributed by atoms with E-state index in [0.717, 1.165) is 24.1 Å². The van der Waals surface area contributed by atoms with Crippen molar-refractivity contribution in [1.29, 1.82) is 0 Å². The number of hydrogen-bond donors (Lipinski definition) is 0. The molecule has 0 saturated carbocycles. The molecule has 0 bridgehead atoms. The minimum atomic E-state index is 0.785. The van der Waals surface area contributed by atoms with E-state index in [9.17, 15) is 0 Å². The van der Waals surface area contributed by atoms with Crippen molar-refractivity contribution in [2.75, 3.05) is 0 Å². The minimum Gasteiger partial charge on any atom is -0.249 e. The summed E-state index contributed by atoms with van der Waals surface area (Å²) in [5.41, 5.74) is 0. The maximum atomic E-state index is 4.06. The quantitative estimate of drug-likeness (QED) is 0.700. The third-order valence-electron chi connectivity index (χ3n) is 1.25. The second-order valence-electron chi connectivity index (χ2n) is 2.03. The van der Waals surface area contributed by atoms with Crippen molar-refractivity contribution in [1.82, 2.24) is 14.8 Å². The molecule has 4 heteroatoms. The fourth-order valence-corrected chi connectivity index (χ4v) is 1.22. The van der Waals surface area contributed by atoms with Crippen LogP contribution < -0.4 is 0 Å². The standard InChI is InChI=1S/C6H10BrN3/c1-2-3-10-6(4-7)8-5-9-10/h5H,2-4H2,1H3. The van der Waals surface area contributed by atoms with Crippen LogP contribution in [0, 0.1) is 0 Å². The van der Waals surface area contributed by atoms with Crippen LogP contribution in [0.3, 0.4) is 0 Å². The summed E-state index contributed by atoms with van der Waals surface area (Å²) in [6, 6.07) is 0. The molecule has 0 aliphatic rings. The second-order valence-corrected chi connectivity index (χ2v) is 2.59. The van der Waals surface area contributed by atoms with E-state index in [1.54, 1.807) is 6.33 Å². The van der Waals surface area contributed by atoms with Gasteiger partial charge in [0.15, 0.2) is 0 Å². The molecular weight excluding hydrogens is 194 g/mol. The Morgan fingerprint density at radius 1 is 1.70 bits per heavy atom. The molecule has 1 heterocycles. The minimum absolute atomic E-state index is 0.785. The molecule has 0 N–H and O–H groups in total. The third kappa shape index (κ3) is 1.56. The summed E-state index contributed by atoms with van der Waals surface area (Å²) in [6.07, 6.45) is 2.69. The van der Waals surface area contributed by atoms with Gasteiger partial charge in [0.25, 0.3) is 0 Å². The van der Waals surface area contributed by atoms with E-state index < -0.39 is 0 Å². The zero-order chi connectivity index (χ0) is 7.40. The van der Waals surface area contributed by atoms with Gasteiger partial charge in [-0.1, -0.05) is 22.9 Å². The summed E-state index contributed by atoms with van der Waals surface area (Å²) in [7, 11) is 0. The Labute approximate surface area is 68.6 Å². The lowest BCUT2D eigenvalue weighted by atomic mass is 10.5. The number of aromatic nitrogens is 3. The predicted octanol–water partition coefficient (Wildman–Crippen LogP) is 1.58. The fourth-order valence-electron chi connectivity index (χ4n) is 0.790. The summed E-state index contributed by atoms with van der Waals surface area (Å²) < 4.78 is 1.91.